The van der Waals surface area contributed by atoms with E-state index in [2.05, 4.69) is 6.07 Å². The smallest absolute Gasteiger partial charge is 0.194 e. The highest BCUT2D eigenvalue weighted by Crippen LogP contribution is 2.18. The van der Waals surface area contributed by atoms with Gasteiger partial charge in [0, 0.05) is 6.42 Å². The maximum Gasteiger partial charge on any atom is 0.194 e. The summed E-state index contributed by atoms with van der Waals surface area (Å²) in [5, 5.41) is 0. The minimum atomic E-state index is -1.42. The normalized spacial score (nSPS) is 10.4. The summed E-state index contributed by atoms with van der Waals surface area (Å²) in [5.74, 6) is -3.72. The third-order valence-corrected chi connectivity index (χ3v) is 2.27. The highest BCUT2D eigenvalue weighted by Gasteiger charge is 2.13. The van der Waals surface area contributed by atoms with Crippen molar-refractivity contribution in [2.24, 2.45) is 0 Å². The Morgan fingerprint density at radius 3 is 2.44 bits per heavy atom. The van der Waals surface area contributed by atoms with E-state index in [1.807, 2.05) is 0 Å². The molecule has 3 heteroatoms. The van der Waals surface area contributed by atoms with Crippen LogP contribution in [0.25, 0.3) is 0 Å². The molecule has 0 saturated heterocycles. The van der Waals surface area contributed by atoms with Crippen LogP contribution < -0.4 is 0 Å². The van der Waals surface area contributed by atoms with Crippen LogP contribution in [-0.4, -0.2) is 0 Å². The van der Waals surface area contributed by atoms with E-state index in [1.54, 1.807) is 24.3 Å². The van der Waals surface area contributed by atoms with E-state index >= 15 is 0 Å². The van der Waals surface area contributed by atoms with Crippen molar-refractivity contribution in [1.82, 2.24) is 0 Å². The van der Waals surface area contributed by atoms with Gasteiger partial charge in [-0.2, -0.15) is 0 Å². The molecule has 0 aromatic heterocycles. The molecule has 81 valence electrons. The Balaban J connectivity index is 2.33. The van der Waals surface area contributed by atoms with Crippen molar-refractivity contribution >= 4 is 0 Å². The van der Waals surface area contributed by atoms with E-state index in [4.69, 9.17) is 0 Å². The second-order valence-corrected chi connectivity index (χ2v) is 3.40. The zero-order valence-electron chi connectivity index (χ0n) is 8.31. The molecule has 0 N–H and O–H groups in total. The fraction of sp³-hybridized carbons (Fsp3) is 0.0769. The Hall–Kier alpha value is -1.77. The van der Waals surface area contributed by atoms with Gasteiger partial charge in [0.25, 0.3) is 0 Å². The van der Waals surface area contributed by atoms with Gasteiger partial charge in [0.15, 0.2) is 17.5 Å². The molecule has 0 saturated carbocycles. The molecule has 0 aliphatic heterocycles. The van der Waals surface area contributed by atoms with Crippen molar-refractivity contribution < 1.29 is 13.2 Å². The zero-order chi connectivity index (χ0) is 11.5. The van der Waals surface area contributed by atoms with E-state index in [9.17, 15) is 13.2 Å². The van der Waals surface area contributed by atoms with E-state index in [0.717, 1.165) is 11.6 Å². The average molecular weight is 221 g/mol. The molecule has 0 amide bonds. The van der Waals surface area contributed by atoms with Gasteiger partial charge in [0.05, 0.1) is 0 Å². The minimum absolute atomic E-state index is 0.126. The van der Waals surface area contributed by atoms with Crippen LogP contribution in [0.2, 0.25) is 0 Å². The van der Waals surface area contributed by atoms with Crippen molar-refractivity contribution in [3.8, 4) is 0 Å². The van der Waals surface area contributed by atoms with E-state index < -0.39 is 17.5 Å². The summed E-state index contributed by atoms with van der Waals surface area (Å²) in [4.78, 5) is 0. The quantitative estimate of drug-likeness (QED) is 0.681. The Morgan fingerprint density at radius 1 is 0.938 bits per heavy atom. The SMILES string of the molecule is Fc1ccc(Cc2[c]cccc2)c(F)c1F. The molecular formula is C13H8F3. The molecule has 1 radical (unpaired) electrons. The lowest BCUT2D eigenvalue weighted by molar-refractivity contribution is 0.442. The molecule has 0 atom stereocenters. The summed E-state index contributed by atoms with van der Waals surface area (Å²) in [7, 11) is 0. The fourth-order valence-corrected chi connectivity index (χ4v) is 1.45. The third-order valence-electron chi connectivity index (χ3n) is 2.27. The number of rotatable bonds is 2. The molecule has 0 heterocycles. The number of benzene rings is 2. The van der Waals surface area contributed by atoms with Gasteiger partial charge < -0.3 is 0 Å². The standard InChI is InChI=1S/C13H8F3/c14-11-7-6-10(12(15)13(11)16)8-9-4-2-1-3-5-9/h1-4,6-7H,8H2. The van der Waals surface area contributed by atoms with Gasteiger partial charge in [0.1, 0.15) is 0 Å². The molecule has 0 spiro atoms. The molecule has 2 aromatic carbocycles. The van der Waals surface area contributed by atoms with Crippen molar-refractivity contribution in [2.75, 3.05) is 0 Å². The first kappa shape index (κ1) is 10.7. The monoisotopic (exact) mass is 221 g/mol. The lowest BCUT2D eigenvalue weighted by Crippen LogP contribution is -1.98. The first-order chi connectivity index (χ1) is 7.68. The topological polar surface area (TPSA) is 0 Å². The number of halogens is 3. The van der Waals surface area contributed by atoms with E-state index in [-0.39, 0.29) is 12.0 Å². The maximum absolute atomic E-state index is 13.3. The Morgan fingerprint density at radius 2 is 1.75 bits per heavy atom. The van der Waals surface area contributed by atoms with Gasteiger partial charge >= 0.3 is 0 Å². The predicted octanol–water partition coefficient (Wildman–Crippen LogP) is 3.49. The van der Waals surface area contributed by atoms with Gasteiger partial charge in [-0.25, -0.2) is 13.2 Å². The van der Waals surface area contributed by atoms with Crippen LogP contribution in [0.4, 0.5) is 13.2 Å². The van der Waals surface area contributed by atoms with Crippen molar-refractivity contribution in [3.05, 3.63) is 71.0 Å². The Bertz CT molecular complexity index is 492. The van der Waals surface area contributed by atoms with Crippen molar-refractivity contribution in [1.29, 1.82) is 0 Å². The fourth-order valence-electron chi connectivity index (χ4n) is 1.45. The van der Waals surface area contributed by atoms with Crippen LogP contribution in [0.15, 0.2) is 36.4 Å². The molecule has 0 unspecified atom stereocenters. The van der Waals surface area contributed by atoms with Crippen molar-refractivity contribution in [2.45, 2.75) is 6.42 Å². The summed E-state index contributed by atoms with van der Waals surface area (Å²) in [6.45, 7) is 0. The molecule has 2 aromatic rings. The van der Waals surface area contributed by atoms with Gasteiger partial charge in [-0.05, 0) is 23.3 Å². The van der Waals surface area contributed by atoms with E-state index in [1.165, 1.54) is 6.07 Å². The molecule has 0 aliphatic carbocycles. The van der Waals surface area contributed by atoms with Crippen LogP contribution >= 0.6 is 0 Å². The molecule has 0 bridgehead atoms. The second kappa shape index (κ2) is 4.39. The van der Waals surface area contributed by atoms with Crippen LogP contribution in [0.5, 0.6) is 0 Å². The zero-order valence-corrected chi connectivity index (χ0v) is 8.31. The lowest BCUT2D eigenvalue weighted by Gasteiger charge is -2.04. The van der Waals surface area contributed by atoms with Crippen LogP contribution in [0, 0.1) is 23.5 Å². The van der Waals surface area contributed by atoms with Gasteiger partial charge in [-0.15, -0.1) is 0 Å². The predicted molar refractivity (Wildman–Crippen MR) is 54.4 cm³/mol. The summed E-state index contributed by atoms with van der Waals surface area (Å²) < 4.78 is 38.9. The first-order valence-corrected chi connectivity index (χ1v) is 4.76. The number of hydrogen-bond acceptors (Lipinski definition) is 0. The molecule has 0 nitrogen and oxygen atoms in total. The molecule has 0 aliphatic rings. The minimum Gasteiger partial charge on any atom is -0.204 e. The Kier molecular flexibility index (Phi) is 2.95. The largest absolute Gasteiger partial charge is 0.204 e. The maximum atomic E-state index is 13.3. The highest BCUT2D eigenvalue weighted by atomic mass is 19.2. The van der Waals surface area contributed by atoms with Gasteiger partial charge in [0.2, 0.25) is 0 Å². The molecule has 0 fully saturated rings. The first-order valence-electron chi connectivity index (χ1n) is 4.76. The Labute approximate surface area is 91.4 Å². The summed E-state index contributed by atoms with van der Waals surface area (Å²) >= 11 is 0. The average Bonchev–Trinajstić information content (AvgIpc) is 2.31. The van der Waals surface area contributed by atoms with Crippen LogP contribution in [-0.2, 0) is 6.42 Å². The summed E-state index contributed by atoms with van der Waals surface area (Å²) in [6.07, 6.45) is 0.198. The third kappa shape index (κ3) is 2.08. The second-order valence-electron chi connectivity index (χ2n) is 3.40. The summed E-state index contributed by atoms with van der Waals surface area (Å²) in [5.41, 5.74) is 0.855. The van der Waals surface area contributed by atoms with Crippen molar-refractivity contribution in [3.63, 3.8) is 0 Å². The highest BCUT2D eigenvalue weighted by molar-refractivity contribution is 5.27. The number of hydrogen-bond donors (Lipinski definition) is 0. The molecule has 2 rings (SSSR count). The van der Waals surface area contributed by atoms with Gasteiger partial charge in [-0.1, -0.05) is 30.3 Å². The molecular weight excluding hydrogens is 213 g/mol. The summed E-state index contributed by atoms with van der Waals surface area (Å²) in [6, 6.07) is 12.1. The van der Waals surface area contributed by atoms with Gasteiger partial charge in [-0.3, -0.25) is 0 Å². The van der Waals surface area contributed by atoms with Crippen LogP contribution in [0.3, 0.4) is 0 Å². The van der Waals surface area contributed by atoms with E-state index in [0.29, 0.717) is 0 Å². The lowest BCUT2D eigenvalue weighted by atomic mass is 10.0. The molecule has 16 heavy (non-hydrogen) atoms. The van der Waals surface area contributed by atoms with Crippen LogP contribution in [0.1, 0.15) is 11.1 Å².